The summed E-state index contributed by atoms with van der Waals surface area (Å²) in [6, 6.07) is 0. The highest BCUT2D eigenvalue weighted by Gasteiger charge is 2.01. The molecular formula is C4H5Br2I2. The van der Waals surface area contributed by atoms with Crippen LogP contribution >= 0.6 is 77.0 Å². The van der Waals surface area contributed by atoms with Crippen molar-refractivity contribution < 1.29 is 0 Å². The lowest BCUT2D eigenvalue weighted by Crippen LogP contribution is -1.84. The number of alkyl halides is 2. The summed E-state index contributed by atoms with van der Waals surface area (Å²) in [5, 5.41) is 0. The van der Waals surface area contributed by atoms with Crippen molar-refractivity contribution in [1.29, 1.82) is 0 Å². The normalized spacial score (nSPS) is 11.2. The van der Waals surface area contributed by atoms with Crippen LogP contribution in [0.1, 0.15) is 12.8 Å². The zero-order valence-corrected chi connectivity index (χ0v) is 11.5. The van der Waals surface area contributed by atoms with Crippen LogP contribution in [0.4, 0.5) is 0 Å². The van der Waals surface area contributed by atoms with Gasteiger partial charge in [-0.2, -0.15) is 0 Å². The topological polar surface area (TPSA) is 0 Å². The number of hydrogen-bond acceptors (Lipinski definition) is 0. The van der Waals surface area contributed by atoms with Crippen LogP contribution in [0.3, 0.4) is 0 Å². The Morgan fingerprint density at radius 2 is 1.88 bits per heavy atom. The summed E-state index contributed by atoms with van der Waals surface area (Å²) < 4.78 is 1.92. The van der Waals surface area contributed by atoms with Gasteiger partial charge in [0.25, 0.3) is 0 Å². The molecule has 0 nitrogen and oxygen atoms in total. The monoisotopic (exact) mass is 465 g/mol. The molecule has 0 N–H and O–H groups in total. The largest absolute Gasteiger partial charge is 0.0970 e. The predicted molar refractivity (Wildman–Crippen MR) is 62.2 cm³/mol. The predicted octanol–water partition coefficient (Wildman–Crippen LogP) is 4.24. The van der Waals surface area contributed by atoms with E-state index < -0.39 is 0 Å². The standard InChI is InChI=1S/C4H5Br2I2/c5-3(6)1-2-4(7)8/h3H,1-2H2. The lowest BCUT2D eigenvalue weighted by atomic mass is 10.4. The Bertz CT molecular complexity index is 48.0. The Morgan fingerprint density at radius 3 is 2.00 bits per heavy atom. The third-order valence-corrected chi connectivity index (χ3v) is 2.55. The summed E-state index contributed by atoms with van der Waals surface area (Å²) in [4.78, 5) is 0. The fourth-order valence-corrected chi connectivity index (χ4v) is 1.30. The molecule has 8 heavy (non-hydrogen) atoms. The van der Waals surface area contributed by atoms with E-state index in [0.29, 0.717) is 3.74 Å². The van der Waals surface area contributed by atoms with Gasteiger partial charge in [-0.25, -0.2) is 0 Å². The summed E-state index contributed by atoms with van der Waals surface area (Å²) in [5.74, 6) is 0. The average molecular weight is 467 g/mol. The lowest BCUT2D eigenvalue weighted by molar-refractivity contribution is 0.942. The van der Waals surface area contributed by atoms with E-state index in [0.717, 1.165) is 0 Å². The van der Waals surface area contributed by atoms with Gasteiger partial charge < -0.3 is 0 Å². The molecule has 0 saturated carbocycles. The summed E-state index contributed by atoms with van der Waals surface area (Å²) in [6.45, 7) is 0. The van der Waals surface area contributed by atoms with E-state index in [-0.39, 0.29) is 0 Å². The molecule has 0 aliphatic rings. The second-order valence-corrected chi connectivity index (χ2v) is 9.38. The fraction of sp³-hybridized carbons (Fsp3) is 0.750. The molecule has 0 aliphatic carbocycles. The van der Waals surface area contributed by atoms with E-state index in [1.165, 1.54) is 14.8 Å². The second kappa shape index (κ2) is 6.15. The van der Waals surface area contributed by atoms with Crippen LogP contribution in [0.5, 0.6) is 0 Å². The molecule has 49 valence electrons. The van der Waals surface area contributed by atoms with Gasteiger partial charge in [-0.1, -0.05) is 77.0 Å². The smallest absolute Gasteiger partial charge is 0.0765 e. The van der Waals surface area contributed by atoms with Crippen molar-refractivity contribution >= 4 is 77.0 Å². The van der Waals surface area contributed by atoms with Crippen LogP contribution < -0.4 is 0 Å². The zero-order chi connectivity index (χ0) is 6.57. The first kappa shape index (κ1) is 10.4. The van der Waals surface area contributed by atoms with Gasteiger partial charge >= 0.3 is 0 Å². The summed E-state index contributed by atoms with van der Waals surface area (Å²) in [6.07, 6.45) is 2.35. The van der Waals surface area contributed by atoms with Crippen LogP contribution in [0.15, 0.2) is 0 Å². The van der Waals surface area contributed by atoms with E-state index in [9.17, 15) is 0 Å². The molecule has 0 rings (SSSR count). The van der Waals surface area contributed by atoms with Gasteiger partial charge in [0.1, 0.15) is 0 Å². The number of rotatable bonds is 3. The summed E-state index contributed by atoms with van der Waals surface area (Å²) >= 11 is 11.5. The quantitative estimate of drug-likeness (QED) is 0.431. The molecule has 0 spiro atoms. The molecule has 0 aromatic heterocycles. The van der Waals surface area contributed by atoms with Crippen LogP contribution in [0, 0.1) is 1.93 Å². The van der Waals surface area contributed by atoms with Gasteiger partial charge in [0.2, 0.25) is 0 Å². The molecule has 0 bridgehead atoms. The van der Waals surface area contributed by atoms with Crippen LogP contribution in [-0.2, 0) is 0 Å². The van der Waals surface area contributed by atoms with Crippen LogP contribution in [0.25, 0.3) is 0 Å². The molecule has 0 fully saturated rings. The van der Waals surface area contributed by atoms with E-state index in [4.69, 9.17) is 0 Å². The average Bonchev–Trinajstić information content (AvgIpc) is 1.61. The Balaban J connectivity index is 2.93. The first-order valence-corrected chi connectivity index (χ1v) is 6.07. The van der Waals surface area contributed by atoms with Crippen molar-refractivity contribution in [2.45, 2.75) is 16.6 Å². The first-order chi connectivity index (χ1) is 3.63. The maximum Gasteiger partial charge on any atom is 0.0970 e. The third kappa shape index (κ3) is 8.42. The SMILES string of the molecule is BrC(Br)CC[C](I)I. The van der Waals surface area contributed by atoms with Crippen molar-refractivity contribution in [1.82, 2.24) is 0 Å². The minimum atomic E-state index is 0.481. The summed E-state index contributed by atoms with van der Waals surface area (Å²) in [7, 11) is 0. The molecule has 0 aromatic carbocycles. The Hall–Kier alpha value is 2.42. The maximum absolute atomic E-state index is 3.40. The Labute approximate surface area is 94.1 Å². The molecule has 0 amide bonds. The van der Waals surface area contributed by atoms with Gasteiger partial charge in [-0.05, 0) is 12.8 Å². The number of hydrogen-bond donors (Lipinski definition) is 0. The van der Waals surface area contributed by atoms with Crippen molar-refractivity contribution in [3.8, 4) is 0 Å². The van der Waals surface area contributed by atoms with Gasteiger partial charge in [-0.15, -0.1) is 0 Å². The molecule has 0 aliphatic heterocycles. The number of halogens is 4. The second-order valence-electron chi connectivity index (χ2n) is 1.27. The van der Waals surface area contributed by atoms with Gasteiger partial charge in [0.05, 0.1) is 5.67 Å². The lowest BCUT2D eigenvalue weighted by Gasteiger charge is -1.99. The Kier molecular flexibility index (Phi) is 8.01. The molecule has 0 aromatic rings. The third-order valence-electron chi connectivity index (χ3n) is 0.552. The molecule has 0 atom stereocenters. The molecular weight excluding hydrogens is 462 g/mol. The van der Waals surface area contributed by atoms with Crippen molar-refractivity contribution in [3.05, 3.63) is 1.93 Å². The summed E-state index contributed by atoms with van der Waals surface area (Å²) in [5.41, 5.74) is 0. The molecule has 0 heterocycles. The van der Waals surface area contributed by atoms with E-state index in [1.54, 1.807) is 0 Å². The zero-order valence-electron chi connectivity index (χ0n) is 4.00. The highest BCUT2D eigenvalue weighted by atomic mass is 127. The van der Waals surface area contributed by atoms with Crippen molar-refractivity contribution in [2.24, 2.45) is 0 Å². The molecule has 4 heteroatoms. The van der Waals surface area contributed by atoms with Crippen LogP contribution in [-0.4, -0.2) is 3.74 Å². The highest BCUT2D eigenvalue weighted by molar-refractivity contribution is 14.2. The minimum absolute atomic E-state index is 0.481. The van der Waals surface area contributed by atoms with E-state index in [1.807, 2.05) is 0 Å². The Morgan fingerprint density at radius 1 is 1.38 bits per heavy atom. The van der Waals surface area contributed by atoms with Crippen LogP contribution in [0.2, 0.25) is 0 Å². The van der Waals surface area contributed by atoms with Crippen molar-refractivity contribution in [2.75, 3.05) is 0 Å². The van der Waals surface area contributed by atoms with Crippen molar-refractivity contribution in [3.63, 3.8) is 0 Å². The minimum Gasteiger partial charge on any atom is -0.0765 e. The fourth-order valence-electron chi connectivity index (χ4n) is 0.218. The van der Waals surface area contributed by atoms with E-state index in [2.05, 4.69) is 77.0 Å². The highest BCUT2D eigenvalue weighted by Crippen LogP contribution is 2.28. The van der Waals surface area contributed by atoms with Gasteiger partial charge in [0, 0.05) is 0 Å². The molecule has 1 radical (unpaired) electrons. The molecule has 0 saturated heterocycles. The van der Waals surface area contributed by atoms with Gasteiger partial charge in [-0.3, -0.25) is 0 Å². The van der Waals surface area contributed by atoms with E-state index >= 15 is 0 Å². The first-order valence-electron chi connectivity index (χ1n) is 2.08. The molecule has 0 unspecified atom stereocenters. The van der Waals surface area contributed by atoms with Gasteiger partial charge in [0.15, 0.2) is 0 Å². The maximum atomic E-state index is 3.40.